The molecule has 2 aliphatic heterocycles. The van der Waals surface area contributed by atoms with Gasteiger partial charge in [0, 0.05) is 43.0 Å². The van der Waals surface area contributed by atoms with Gasteiger partial charge in [0.1, 0.15) is 0 Å². The fraction of sp³-hybridized carbons (Fsp3) is 0.625. The van der Waals surface area contributed by atoms with Gasteiger partial charge in [-0.05, 0) is 36.5 Å². The Balaban J connectivity index is 1.77. The summed E-state index contributed by atoms with van der Waals surface area (Å²) in [6, 6.07) is 6.42. The monoisotopic (exact) mass is 291 g/mol. The molecule has 1 fully saturated rings. The predicted octanol–water partition coefficient (Wildman–Crippen LogP) is 2.87. The van der Waals surface area contributed by atoms with Crippen LogP contribution in [0.4, 0.5) is 11.4 Å². The summed E-state index contributed by atoms with van der Waals surface area (Å²) in [6.07, 6.45) is 2.61. The first-order chi connectivity index (χ1) is 9.45. The van der Waals surface area contributed by atoms with Crippen LogP contribution >= 0.6 is 9.39 Å². The van der Waals surface area contributed by atoms with Gasteiger partial charge in [0.25, 0.3) is 0 Å². The van der Waals surface area contributed by atoms with Crippen LogP contribution in [0.3, 0.4) is 0 Å². The summed E-state index contributed by atoms with van der Waals surface area (Å²) < 4.78 is 2.36. The van der Waals surface area contributed by atoms with Crippen LogP contribution in [0.25, 0.3) is 0 Å². The maximum atomic E-state index is 6.00. The second kappa shape index (κ2) is 5.20. The molecule has 3 nitrogen and oxygen atoms in total. The average Bonchev–Trinajstić information content (AvgIpc) is 2.63. The van der Waals surface area contributed by atoms with Crippen LogP contribution in [0, 0.1) is 5.92 Å². The third-order valence-electron chi connectivity index (χ3n) is 4.81. The van der Waals surface area contributed by atoms with Crippen molar-refractivity contribution in [1.82, 2.24) is 4.67 Å². The number of benzene rings is 1. The Labute approximate surface area is 124 Å². The highest BCUT2D eigenvalue weighted by Gasteiger charge is 2.36. The minimum Gasteiger partial charge on any atom is -0.399 e. The van der Waals surface area contributed by atoms with Gasteiger partial charge in [-0.2, -0.15) is 0 Å². The normalized spacial score (nSPS) is 23.1. The standard InChI is InChI=1S/C16H26N3P/c1-16(2)11-18(10-12-5-7-19(20)8-6-12)15-9-13(17)3-4-14(15)16/h3-4,9,12H,5-8,10-11,17,20H2,1-2H3. The molecule has 0 bridgehead atoms. The summed E-state index contributed by atoms with van der Waals surface area (Å²) in [5, 5.41) is 0. The number of nitrogens with two attached hydrogens (primary N) is 1. The Morgan fingerprint density at radius 1 is 1.30 bits per heavy atom. The summed E-state index contributed by atoms with van der Waals surface area (Å²) in [5.41, 5.74) is 9.94. The Hall–Kier alpha value is -0.790. The number of piperidine rings is 1. The molecular weight excluding hydrogens is 265 g/mol. The van der Waals surface area contributed by atoms with E-state index in [0.29, 0.717) is 0 Å². The molecule has 110 valence electrons. The third kappa shape index (κ3) is 2.66. The third-order valence-corrected chi connectivity index (χ3v) is 5.32. The molecule has 2 N–H and O–H groups in total. The highest BCUT2D eigenvalue weighted by atomic mass is 31.0. The van der Waals surface area contributed by atoms with Gasteiger partial charge >= 0.3 is 0 Å². The lowest BCUT2D eigenvalue weighted by Crippen LogP contribution is -2.36. The maximum absolute atomic E-state index is 6.00. The van der Waals surface area contributed by atoms with E-state index in [4.69, 9.17) is 5.73 Å². The lowest BCUT2D eigenvalue weighted by atomic mass is 9.87. The van der Waals surface area contributed by atoms with Gasteiger partial charge in [-0.25, -0.2) is 0 Å². The highest BCUT2D eigenvalue weighted by Crippen LogP contribution is 2.42. The van der Waals surface area contributed by atoms with Crippen molar-refractivity contribution in [3.05, 3.63) is 23.8 Å². The largest absolute Gasteiger partial charge is 0.399 e. The fourth-order valence-electron chi connectivity index (χ4n) is 3.64. The van der Waals surface area contributed by atoms with Gasteiger partial charge in [0.05, 0.1) is 0 Å². The van der Waals surface area contributed by atoms with Gasteiger partial charge in [-0.1, -0.05) is 29.3 Å². The molecule has 1 aromatic carbocycles. The molecule has 0 saturated carbocycles. The Morgan fingerprint density at radius 3 is 2.70 bits per heavy atom. The van der Waals surface area contributed by atoms with E-state index in [1.807, 2.05) is 6.07 Å². The molecule has 0 amide bonds. The van der Waals surface area contributed by atoms with Crippen molar-refractivity contribution in [3.8, 4) is 0 Å². The number of nitrogens with zero attached hydrogens (tertiary/aromatic N) is 2. The number of rotatable bonds is 2. The van der Waals surface area contributed by atoms with Crippen LogP contribution in [0.15, 0.2) is 18.2 Å². The lowest BCUT2D eigenvalue weighted by molar-refractivity contribution is 0.291. The molecule has 0 radical (unpaired) electrons. The molecule has 2 aliphatic rings. The molecule has 4 heteroatoms. The molecular formula is C16H26N3P. The molecule has 20 heavy (non-hydrogen) atoms. The molecule has 1 saturated heterocycles. The van der Waals surface area contributed by atoms with Crippen LogP contribution in [0.2, 0.25) is 0 Å². The topological polar surface area (TPSA) is 32.5 Å². The molecule has 1 unspecified atom stereocenters. The Kier molecular flexibility index (Phi) is 3.68. The molecule has 3 rings (SSSR count). The maximum Gasteiger partial charge on any atom is 0.0425 e. The number of anilines is 2. The second-order valence-electron chi connectivity index (χ2n) is 7.02. The van der Waals surface area contributed by atoms with Gasteiger partial charge < -0.3 is 10.6 Å². The molecule has 2 heterocycles. The van der Waals surface area contributed by atoms with Crippen LogP contribution in [0.5, 0.6) is 0 Å². The van der Waals surface area contributed by atoms with Crippen molar-refractivity contribution in [2.75, 3.05) is 36.8 Å². The second-order valence-corrected chi connectivity index (χ2v) is 7.75. The van der Waals surface area contributed by atoms with E-state index in [1.165, 1.54) is 43.7 Å². The Morgan fingerprint density at radius 2 is 2.00 bits per heavy atom. The van der Waals surface area contributed by atoms with Crippen molar-refractivity contribution in [1.29, 1.82) is 0 Å². The van der Waals surface area contributed by atoms with Crippen molar-refractivity contribution >= 4 is 20.8 Å². The fourth-order valence-corrected chi connectivity index (χ4v) is 3.94. The van der Waals surface area contributed by atoms with Gasteiger partial charge in [0.2, 0.25) is 0 Å². The quantitative estimate of drug-likeness (QED) is 0.672. The minimum absolute atomic E-state index is 0.240. The van der Waals surface area contributed by atoms with E-state index < -0.39 is 0 Å². The van der Waals surface area contributed by atoms with Crippen molar-refractivity contribution in [2.45, 2.75) is 32.1 Å². The number of hydrogen-bond acceptors (Lipinski definition) is 3. The van der Waals surface area contributed by atoms with Crippen LogP contribution in [-0.2, 0) is 5.41 Å². The molecule has 0 spiro atoms. The van der Waals surface area contributed by atoms with E-state index >= 15 is 0 Å². The minimum atomic E-state index is 0.240. The zero-order chi connectivity index (χ0) is 14.3. The van der Waals surface area contributed by atoms with Crippen molar-refractivity contribution < 1.29 is 0 Å². The Bertz CT molecular complexity index is 492. The summed E-state index contributed by atoms with van der Waals surface area (Å²) in [4.78, 5) is 2.56. The van der Waals surface area contributed by atoms with Gasteiger partial charge in [0.15, 0.2) is 0 Å². The van der Waals surface area contributed by atoms with E-state index in [0.717, 1.165) is 18.2 Å². The zero-order valence-electron chi connectivity index (χ0n) is 12.6. The first-order valence-corrected chi connectivity index (χ1v) is 8.12. The van der Waals surface area contributed by atoms with E-state index in [9.17, 15) is 0 Å². The zero-order valence-corrected chi connectivity index (χ0v) is 13.8. The first kappa shape index (κ1) is 14.2. The molecule has 1 atom stereocenters. The van der Waals surface area contributed by atoms with E-state index in [2.05, 4.69) is 44.9 Å². The predicted molar refractivity (Wildman–Crippen MR) is 90.1 cm³/mol. The molecule has 0 aliphatic carbocycles. The lowest BCUT2D eigenvalue weighted by Gasteiger charge is -2.33. The van der Waals surface area contributed by atoms with Crippen molar-refractivity contribution in [2.24, 2.45) is 5.92 Å². The summed E-state index contributed by atoms with van der Waals surface area (Å²) in [5.74, 6) is 0.815. The summed E-state index contributed by atoms with van der Waals surface area (Å²) in [6.45, 7) is 9.39. The molecule has 1 aromatic rings. The van der Waals surface area contributed by atoms with Gasteiger partial charge in [-0.3, -0.25) is 4.67 Å². The number of fused-ring (bicyclic) bond motifs is 1. The summed E-state index contributed by atoms with van der Waals surface area (Å²) >= 11 is 0. The SMILES string of the molecule is CC1(C)CN(CC2CCN(P)CC2)c2cc(N)ccc21. The first-order valence-electron chi connectivity index (χ1n) is 7.60. The van der Waals surface area contributed by atoms with Crippen LogP contribution < -0.4 is 10.6 Å². The molecule has 0 aromatic heterocycles. The van der Waals surface area contributed by atoms with Gasteiger partial charge in [-0.15, -0.1) is 0 Å². The van der Waals surface area contributed by atoms with Crippen LogP contribution in [-0.4, -0.2) is 30.8 Å². The number of nitrogen functional groups attached to an aromatic ring is 1. The van der Waals surface area contributed by atoms with E-state index in [-0.39, 0.29) is 5.41 Å². The smallest absolute Gasteiger partial charge is 0.0425 e. The summed E-state index contributed by atoms with van der Waals surface area (Å²) in [7, 11) is 2.83. The van der Waals surface area contributed by atoms with E-state index in [1.54, 1.807) is 0 Å². The number of hydrogen-bond donors (Lipinski definition) is 1. The average molecular weight is 291 g/mol. The van der Waals surface area contributed by atoms with Crippen LogP contribution in [0.1, 0.15) is 32.3 Å². The van der Waals surface area contributed by atoms with Crippen molar-refractivity contribution in [3.63, 3.8) is 0 Å². The highest BCUT2D eigenvalue weighted by molar-refractivity contribution is 7.13.